The molecule has 2 aromatic rings. The van der Waals surface area contributed by atoms with E-state index in [1.807, 2.05) is 51.1 Å². The minimum Gasteiger partial charge on any atom is -0.598 e. The first-order valence-corrected chi connectivity index (χ1v) is 12.1. The fraction of sp³-hybridized carbons (Fsp3) is 0.450. The summed E-state index contributed by atoms with van der Waals surface area (Å²) < 4.78 is 36.8. The quantitative estimate of drug-likeness (QED) is 0.486. The molecule has 10 heteroatoms. The number of anilines is 1. The largest absolute Gasteiger partial charge is 0.598 e. The molecular weight excluding hydrogens is 425 g/mol. The Morgan fingerprint density at radius 1 is 1.30 bits per heavy atom. The summed E-state index contributed by atoms with van der Waals surface area (Å²) in [6.45, 7) is 7.05. The fourth-order valence-corrected chi connectivity index (χ4v) is 4.34. The number of aromatic nitrogens is 1. The molecule has 0 saturated carbocycles. The third-order valence-corrected chi connectivity index (χ3v) is 6.77. The SMILES string of the molecule is COc1ccc(CN2CCC(N[S+]([O-])C(C)(C)C)c3ccc(O[PH](=O)O)nc32)cc1. The maximum Gasteiger partial charge on any atom is 0.366 e. The van der Waals surface area contributed by atoms with Crippen molar-refractivity contribution in [2.45, 2.75) is 44.5 Å². The van der Waals surface area contributed by atoms with Crippen LogP contribution < -0.4 is 18.9 Å². The number of pyridine rings is 1. The molecule has 1 aromatic carbocycles. The van der Waals surface area contributed by atoms with Crippen molar-refractivity contribution in [1.29, 1.82) is 0 Å². The minimum absolute atomic E-state index is 0.0949. The summed E-state index contributed by atoms with van der Waals surface area (Å²) in [5, 5.41) is 0. The standard InChI is InChI=1S/C20H28N3O5PS/c1-20(2,3)30(26)22-17-11-12-23(13-14-5-7-15(27-4)8-6-14)19-16(17)9-10-18(21-19)28-29(24)25/h5-10,17,22,29H,11-13H2,1-4H3,(H,24,25). The third kappa shape index (κ3) is 5.68. The van der Waals surface area contributed by atoms with Crippen molar-refractivity contribution in [2.75, 3.05) is 18.6 Å². The Hall–Kier alpha value is -1.77. The highest BCUT2D eigenvalue weighted by Crippen LogP contribution is 2.37. The number of nitrogens with one attached hydrogen (secondary N) is 1. The van der Waals surface area contributed by atoms with Crippen LogP contribution >= 0.6 is 8.25 Å². The van der Waals surface area contributed by atoms with E-state index in [1.165, 1.54) is 0 Å². The number of nitrogens with zero attached hydrogens (tertiary/aromatic N) is 2. The second kappa shape index (κ2) is 9.58. The number of rotatable bonds is 7. The van der Waals surface area contributed by atoms with Gasteiger partial charge in [0.1, 0.15) is 16.3 Å². The summed E-state index contributed by atoms with van der Waals surface area (Å²) in [5.74, 6) is 1.53. The number of benzene rings is 1. The molecule has 2 N–H and O–H groups in total. The molecule has 0 radical (unpaired) electrons. The molecule has 3 unspecified atom stereocenters. The topological polar surface area (TPSA) is 107 Å². The monoisotopic (exact) mass is 453 g/mol. The van der Waals surface area contributed by atoms with Gasteiger partial charge in [0.15, 0.2) is 0 Å². The van der Waals surface area contributed by atoms with Gasteiger partial charge in [-0.25, -0.2) is 4.57 Å². The van der Waals surface area contributed by atoms with Gasteiger partial charge in [-0.05, 0) is 51.0 Å². The van der Waals surface area contributed by atoms with Gasteiger partial charge >= 0.3 is 8.25 Å². The molecule has 1 aliphatic rings. The normalized spacial score (nSPS) is 18.5. The number of methoxy groups -OCH3 is 1. The average Bonchev–Trinajstić information content (AvgIpc) is 2.69. The Morgan fingerprint density at radius 2 is 2.00 bits per heavy atom. The van der Waals surface area contributed by atoms with E-state index >= 15 is 0 Å². The highest BCUT2D eigenvalue weighted by Gasteiger charge is 2.34. The summed E-state index contributed by atoms with van der Waals surface area (Å²) in [6.07, 6.45) is 0.753. The van der Waals surface area contributed by atoms with Crippen LogP contribution in [-0.4, -0.2) is 32.8 Å². The van der Waals surface area contributed by atoms with Gasteiger partial charge in [0.05, 0.1) is 13.2 Å². The number of hydrogen-bond donors (Lipinski definition) is 2. The molecule has 30 heavy (non-hydrogen) atoms. The third-order valence-electron chi connectivity index (χ3n) is 4.77. The molecular formula is C20H28N3O5PS. The van der Waals surface area contributed by atoms with Gasteiger partial charge in [0.2, 0.25) is 5.88 Å². The molecule has 0 amide bonds. The first kappa shape index (κ1) is 22.9. The van der Waals surface area contributed by atoms with E-state index in [-0.39, 0.29) is 11.9 Å². The van der Waals surface area contributed by atoms with Crippen molar-refractivity contribution < 1.29 is 23.3 Å². The molecule has 3 rings (SSSR count). The second-order valence-corrected chi connectivity index (χ2v) is 10.8. The molecule has 0 spiro atoms. The molecule has 2 heterocycles. The predicted molar refractivity (Wildman–Crippen MR) is 119 cm³/mol. The maximum absolute atomic E-state index is 12.6. The van der Waals surface area contributed by atoms with Crippen LogP contribution in [0.5, 0.6) is 11.6 Å². The van der Waals surface area contributed by atoms with Crippen molar-refractivity contribution >= 4 is 25.4 Å². The van der Waals surface area contributed by atoms with E-state index < -0.39 is 24.4 Å². The lowest BCUT2D eigenvalue weighted by Gasteiger charge is -2.36. The van der Waals surface area contributed by atoms with E-state index in [9.17, 15) is 9.12 Å². The van der Waals surface area contributed by atoms with Gasteiger partial charge in [0, 0.05) is 36.1 Å². The average molecular weight is 454 g/mol. The van der Waals surface area contributed by atoms with Crippen molar-refractivity contribution in [2.24, 2.45) is 0 Å². The van der Waals surface area contributed by atoms with Crippen LogP contribution in [0.2, 0.25) is 0 Å². The second-order valence-electron chi connectivity index (χ2n) is 8.04. The molecule has 0 bridgehead atoms. The van der Waals surface area contributed by atoms with Gasteiger partial charge in [-0.2, -0.15) is 4.98 Å². The Bertz CT molecular complexity index is 891. The van der Waals surface area contributed by atoms with E-state index in [4.69, 9.17) is 14.2 Å². The van der Waals surface area contributed by atoms with Crippen LogP contribution in [0.3, 0.4) is 0 Å². The smallest absolute Gasteiger partial charge is 0.366 e. The van der Waals surface area contributed by atoms with Crippen molar-refractivity contribution in [3.63, 3.8) is 0 Å². The molecule has 164 valence electrons. The number of fused-ring (bicyclic) bond motifs is 1. The molecule has 8 nitrogen and oxygen atoms in total. The molecule has 1 aliphatic heterocycles. The van der Waals surface area contributed by atoms with Crippen molar-refractivity contribution in [3.05, 3.63) is 47.5 Å². The molecule has 1 aromatic heterocycles. The van der Waals surface area contributed by atoms with E-state index in [1.54, 1.807) is 13.2 Å². The van der Waals surface area contributed by atoms with Crippen LogP contribution in [0.25, 0.3) is 0 Å². The summed E-state index contributed by atoms with van der Waals surface area (Å²) >= 11 is -1.24. The first-order valence-electron chi connectivity index (χ1n) is 9.65. The summed E-state index contributed by atoms with van der Waals surface area (Å²) in [6, 6.07) is 11.0. The summed E-state index contributed by atoms with van der Waals surface area (Å²) in [5.41, 5.74) is 1.97. The molecule has 0 aliphatic carbocycles. The molecule has 0 saturated heterocycles. The zero-order valence-electron chi connectivity index (χ0n) is 17.5. The molecule has 3 atom stereocenters. The van der Waals surface area contributed by atoms with Crippen molar-refractivity contribution in [1.82, 2.24) is 9.71 Å². The lowest BCUT2D eigenvalue weighted by molar-refractivity contribution is 0.403. The first-order chi connectivity index (χ1) is 14.2. The minimum atomic E-state index is -3.16. The van der Waals surface area contributed by atoms with E-state index in [2.05, 4.69) is 14.6 Å². The van der Waals surface area contributed by atoms with Crippen LogP contribution in [0.1, 0.15) is 44.4 Å². The Labute approximate surface area is 180 Å². The Balaban J connectivity index is 1.89. The van der Waals surface area contributed by atoms with Gasteiger partial charge in [0.25, 0.3) is 0 Å². The van der Waals surface area contributed by atoms with E-state index in [0.717, 1.165) is 23.3 Å². The summed E-state index contributed by atoms with van der Waals surface area (Å²) in [4.78, 5) is 15.7. The van der Waals surface area contributed by atoms with Crippen molar-refractivity contribution in [3.8, 4) is 11.6 Å². The lowest BCUT2D eigenvalue weighted by Crippen LogP contribution is -2.44. The fourth-order valence-electron chi connectivity index (χ4n) is 3.19. The van der Waals surface area contributed by atoms with Crippen LogP contribution in [0.4, 0.5) is 5.82 Å². The lowest BCUT2D eigenvalue weighted by atomic mass is 10.00. The van der Waals surface area contributed by atoms with Gasteiger partial charge in [-0.15, -0.1) is 4.72 Å². The van der Waals surface area contributed by atoms with Crippen LogP contribution in [0.15, 0.2) is 36.4 Å². The maximum atomic E-state index is 12.6. The zero-order chi connectivity index (χ0) is 21.9. The zero-order valence-corrected chi connectivity index (χ0v) is 19.4. The highest BCUT2D eigenvalue weighted by atomic mass is 32.2. The van der Waals surface area contributed by atoms with Crippen LogP contribution in [0, 0.1) is 0 Å². The van der Waals surface area contributed by atoms with E-state index in [0.29, 0.717) is 18.9 Å². The van der Waals surface area contributed by atoms with Gasteiger partial charge < -0.3 is 23.6 Å². The van der Waals surface area contributed by atoms with Crippen LogP contribution in [-0.2, 0) is 22.5 Å². The number of ether oxygens (including phenoxy) is 1. The van der Waals surface area contributed by atoms with Gasteiger partial charge in [-0.1, -0.05) is 12.1 Å². The van der Waals surface area contributed by atoms with Gasteiger partial charge in [-0.3, -0.25) is 0 Å². The Morgan fingerprint density at radius 3 is 2.60 bits per heavy atom. The summed E-state index contributed by atoms with van der Waals surface area (Å²) in [7, 11) is -1.53. The predicted octanol–water partition coefficient (Wildman–Crippen LogP) is 3.35. The Kier molecular flexibility index (Phi) is 7.31. The highest BCUT2D eigenvalue weighted by molar-refractivity contribution is 7.90. The number of hydrogen-bond acceptors (Lipinski definition) is 7. The molecule has 0 fully saturated rings.